The van der Waals surface area contributed by atoms with Crippen molar-refractivity contribution in [1.82, 2.24) is 10.2 Å². The van der Waals surface area contributed by atoms with Crippen molar-refractivity contribution in [3.8, 4) is 0 Å². The second kappa shape index (κ2) is 2.69. The summed E-state index contributed by atoms with van der Waals surface area (Å²) in [5.41, 5.74) is 0.250. The van der Waals surface area contributed by atoms with E-state index in [0.717, 1.165) is 19.7 Å². The minimum absolute atomic E-state index is 0.250. The van der Waals surface area contributed by atoms with Gasteiger partial charge in [-0.2, -0.15) is 0 Å². The van der Waals surface area contributed by atoms with E-state index >= 15 is 0 Å². The van der Waals surface area contributed by atoms with E-state index in [4.69, 9.17) is 4.74 Å². The maximum Gasteiger partial charge on any atom is 0.127 e. The number of rotatable bonds is 0. The third-order valence-electron chi connectivity index (χ3n) is 2.70. The number of ether oxygens (including phenoxy) is 1. The lowest BCUT2D eigenvalue weighted by molar-refractivity contribution is -0.198. The summed E-state index contributed by atoms with van der Waals surface area (Å²) in [5, 5.41) is 3.45. The van der Waals surface area contributed by atoms with Crippen molar-refractivity contribution in [1.29, 1.82) is 0 Å². The van der Waals surface area contributed by atoms with E-state index in [0.29, 0.717) is 12.3 Å². The largest absolute Gasteiger partial charge is 0.360 e. The molecule has 1 N–H and O–H groups in total. The lowest BCUT2D eigenvalue weighted by Crippen LogP contribution is -2.73. The molecule has 70 valence electrons. The van der Waals surface area contributed by atoms with Gasteiger partial charge in [-0.05, 0) is 20.8 Å². The summed E-state index contributed by atoms with van der Waals surface area (Å²) in [6.45, 7) is 9.71. The van der Waals surface area contributed by atoms with Gasteiger partial charge in [-0.1, -0.05) is 0 Å². The number of likely N-dealkylation sites (tertiary alicyclic amines) is 1. The lowest BCUT2D eigenvalue weighted by atomic mass is 9.95. The van der Waals surface area contributed by atoms with Crippen LogP contribution < -0.4 is 5.32 Å². The van der Waals surface area contributed by atoms with Crippen LogP contribution in [0.15, 0.2) is 0 Å². The van der Waals surface area contributed by atoms with E-state index in [1.54, 1.807) is 0 Å². The highest BCUT2D eigenvalue weighted by atomic mass is 16.5. The molecule has 0 radical (unpaired) electrons. The highest BCUT2D eigenvalue weighted by Gasteiger charge is 2.46. The summed E-state index contributed by atoms with van der Waals surface area (Å²) in [4.78, 5) is 2.41. The van der Waals surface area contributed by atoms with Gasteiger partial charge in [0.05, 0.1) is 12.6 Å². The Bertz CT molecular complexity index is 176. The molecule has 0 saturated carbocycles. The minimum atomic E-state index is 0.250. The summed E-state index contributed by atoms with van der Waals surface area (Å²) in [6.07, 6.45) is 0.332. The van der Waals surface area contributed by atoms with Gasteiger partial charge in [0.25, 0.3) is 0 Å². The second-order valence-electron chi connectivity index (χ2n) is 4.65. The van der Waals surface area contributed by atoms with Crippen LogP contribution in [0.5, 0.6) is 0 Å². The fraction of sp³-hybridized carbons (Fsp3) is 1.00. The molecule has 2 atom stereocenters. The maximum atomic E-state index is 5.68. The summed E-state index contributed by atoms with van der Waals surface area (Å²) in [6, 6.07) is 0.581. The average molecular weight is 170 g/mol. The molecule has 2 heterocycles. The van der Waals surface area contributed by atoms with E-state index in [2.05, 4.69) is 31.0 Å². The van der Waals surface area contributed by atoms with Crippen LogP contribution >= 0.6 is 0 Å². The van der Waals surface area contributed by atoms with Crippen LogP contribution in [0, 0.1) is 0 Å². The van der Waals surface area contributed by atoms with Crippen molar-refractivity contribution in [2.24, 2.45) is 0 Å². The van der Waals surface area contributed by atoms with Crippen LogP contribution in [0.4, 0.5) is 0 Å². The molecule has 0 aliphatic carbocycles. The lowest BCUT2D eigenvalue weighted by Gasteiger charge is -2.55. The highest BCUT2D eigenvalue weighted by Crippen LogP contribution is 2.29. The zero-order chi connectivity index (χ0) is 8.77. The topological polar surface area (TPSA) is 24.5 Å². The number of nitrogens with one attached hydrogen (secondary N) is 1. The van der Waals surface area contributed by atoms with Crippen molar-refractivity contribution >= 4 is 0 Å². The highest BCUT2D eigenvalue weighted by molar-refractivity contribution is 4.98. The number of hydrogen-bond acceptors (Lipinski definition) is 3. The standard InChI is InChI=1S/C9H18N2O/c1-9(2,3)11-6-7-8(11)12-5-4-10-7/h7-8,10H,4-6H2,1-3H3. The third-order valence-corrected chi connectivity index (χ3v) is 2.70. The zero-order valence-corrected chi connectivity index (χ0v) is 8.13. The molecular weight excluding hydrogens is 152 g/mol. The summed E-state index contributed by atoms with van der Waals surface area (Å²) in [7, 11) is 0. The first-order chi connectivity index (χ1) is 5.59. The van der Waals surface area contributed by atoms with Crippen LogP contribution in [0.1, 0.15) is 20.8 Å². The fourth-order valence-electron chi connectivity index (χ4n) is 1.94. The molecule has 0 aromatic heterocycles. The molecule has 3 nitrogen and oxygen atoms in total. The molecule has 2 fully saturated rings. The Hall–Kier alpha value is -0.120. The third kappa shape index (κ3) is 1.26. The molecule has 2 aliphatic rings. The number of nitrogens with zero attached hydrogens (tertiary/aromatic N) is 1. The van der Waals surface area contributed by atoms with E-state index in [-0.39, 0.29) is 5.54 Å². The molecule has 0 aromatic carbocycles. The van der Waals surface area contributed by atoms with E-state index in [9.17, 15) is 0 Å². The fourth-order valence-corrected chi connectivity index (χ4v) is 1.94. The van der Waals surface area contributed by atoms with Crippen molar-refractivity contribution in [3.05, 3.63) is 0 Å². The van der Waals surface area contributed by atoms with Gasteiger partial charge in [-0.15, -0.1) is 0 Å². The molecule has 2 rings (SSSR count). The Labute approximate surface area is 74.1 Å². The van der Waals surface area contributed by atoms with Crippen molar-refractivity contribution in [2.45, 2.75) is 38.6 Å². The number of morpholine rings is 1. The second-order valence-corrected chi connectivity index (χ2v) is 4.65. The van der Waals surface area contributed by atoms with Crippen LogP contribution in [0.3, 0.4) is 0 Å². The molecular formula is C9H18N2O. The van der Waals surface area contributed by atoms with Crippen LogP contribution in [0.25, 0.3) is 0 Å². The summed E-state index contributed by atoms with van der Waals surface area (Å²) in [5.74, 6) is 0. The first kappa shape index (κ1) is 8.48. The first-order valence-electron chi connectivity index (χ1n) is 4.71. The smallest absolute Gasteiger partial charge is 0.127 e. The Morgan fingerprint density at radius 1 is 1.42 bits per heavy atom. The molecule has 0 aromatic rings. The SMILES string of the molecule is CC(C)(C)N1CC2NCCOC21. The predicted octanol–water partition coefficient (Wildman–Crippen LogP) is 0.415. The van der Waals surface area contributed by atoms with E-state index < -0.39 is 0 Å². The quantitative estimate of drug-likeness (QED) is 0.570. The normalized spacial score (nSPS) is 37.2. The van der Waals surface area contributed by atoms with Gasteiger partial charge in [-0.3, -0.25) is 4.90 Å². The van der Waals surface area contributed by atoms with Gasteiger partial charge in [0.15, 0.2) is 0 Å². The maximum absolute atomic E-state index is 5.68. The van der Waals surface area contributed by atoms with Crippen molar-refractivity contribution < 1.29 is 4.74 Å². The van der Waals surface area contributed by atoms with Crippen LogP contribution in [0.2, 0.25) is 0 Å². The summed E-state index contributed by atoms with van der Waals surface area (Å²) >= 11 is 0. The number of hydrogen-bond donors (Lipinski definition) is 1. The van der Waals surface area contributed by atoms with E-state index in [1.165, 1.54) is 0 Å². The molecule has 2 unspecified atom stereocenters. The minimum Gasteiger partial charge on any atom is -0.360 e. The van der Waals surface area contributed by atoms with E-state index in [1.807, 2.05) is 0 Å². The monoisotopic (exact) mass is 170 g/mol. The zero-order valence-electron chi connectivity index (χ0n) is 8.13. The van der Waals surface area contributed by atoms with Gasteiger partial charge >= 0.3 is 0 Å². The van der Waals surface area contributed by atoms with Crippen molar-refractivity contribution in [3.63, 3.8) is 0 Å². The Balaban J connectivity index is 1.97. The van der Waals surface area contributed by atoms with Gasteiger partial charge in [0.2, 0.25) is 0 Å². The molecule has 3 heteroatoms. The van der Waals surface area contributed by atoms with Crippen molar-refractivity contribution in [2.75, 3.05) is 19.7 Å². The molecule has 2 saturated heterocycles. The van der Waals surface area contributed by atoms with Gasteiger partial charge in [0.1, 0.15) is 6.23 Å². The first-order valence-corrected chi connectivity index (χ1v) is 4.71. The van der Waals surface area contributed by atoms with Crippen LogP contribution in [-0.2, 0) is 4.74 Å². The van der Waals surface area contributed by atoms with Crippen LogP contribution in [-0.4, -0.2) is 42.4 Å². The number of fused-ring (bicyclic) bond motifs is 1. The molecule has 12 heavy (non-hydrogen) atoms. The Morgan fingerprint density at radius 3 is 2.75 bits per heavy atom. The summed E-state index contributed by atoms with van der Waals surface area (Å²) < 4.78 is 5.68. The molecule has 2 aliphatic heterocycles. The average Bonchev–Trinajstić information content (AvgIpc) is 1.88. The van der Waals surface area contributed by atoms with Gasteiger partial charge in [0, 0.05) is 18.6 Å². The molecule has 0 spiro atoms. The predicted molar refractivity (Wildman–Crippen MR) is 48.0 cm³/mol. The Morgan fingerprint density at radius 2 is 2.17 bits per heavy atom. The Kier molecular flexibility index (Phi) is 1.90. The molecule has 0 bridgehead atoms. The van der Waals surface area contributed by atoms with Gasteiger partial charge in [-0.25, -0.2) is 0 Å². The molecule has 0 amide bonds. The van der Waals surface area contributed by atoms with Gasteiger partial charge < -0.3 is 10.1 Å².